The molecule has 184 valence electrons. The van der Waals surface area contributed by atoms with Crippen molar-refractivity contribution in [3.8, 4) is 16.3 Å². The Bertz CT molecular complexity index is 1190. The van der Waals surface area contributed by atoms with E-state index >= 15 is 0 Å². The van der Waals surface area contributed by atoms with E-state index in [1.165, 1.54) is 12.3 Å². The third-order valence-corrected chi connectivity index (χ3v) is 6.04. The highest BCUT2D eigenvalue weighted by Gasteiger charge is 2.36. The smallest absolute Gasteiger partial charge is 0.444 e. The molecule has 34 heavy (non-hydrogen) atoms. The predicted molar refractivity (Wildman–Crippen MR) is 121 cm³/mol. The summed E-state index contributed by atoms with van der Waals surface area (Å²) in [7, 11) is 0. The fourth-order valence-electron chi connectivity index (χ4n) is 3.62. The summed E-state index contributed by atoms with van der Waals surface area (Å²) in [5, 5.41) is 1.60. The molecule has 1 aromatic carbocycles. The molecule has 1 atom stereocenters. The second-order valence-corrected chi connectivity index (χ2v) is 10.1. The number of ether oxygens (including phenoxy) is 2. The van der Waals surface area contributed by atoms with Crippen molar-refractivity contribution in [3.63, 3.8) is 0 Å². The summed E-state index contributed by atoms with van der Waals surface area (Å²) < 4.78 is 54.9. The number of carbonyl (C=O) groups excluding carboxylic acids is 1. The topological polar surface area (TPSA) is 80.9 Å². The summed E-state index contributed by atoms with van der Waals surface area (Å²) in [5.74, 6) is -0.595. The monoisotopic (exact) mass is 518 g/mol. The first-order valence-corrected chi connectivity index (χ1v) is 11.6. The van der Waals surface area contributed by atoms with Crippen LogP contribution in [0.3, 0.4) is 0 Å². The van der Waals surface area contributed by atoms with Gasteiger partial charge in [-0.15, -0.1) is 24.5 Å². The number of halogens is 4. The highest BCUT2D eigenvalue weighted by molar-refractivity contribution is 7.13. The number of thiazole rings is 1. The van der Waals surface area contributed by atoms with E-state index in [2.05, 4.69) is 14.7 Å². The van der Waals surface area contributed by atoms with Gasteiger partial charge in [0.1, 0.15) is 16.1 Å². The van der Waals surface area contributed by atoms with E-state index in [4.69, 9.17) is 20.8 Å². The van der Waals surface area contributed by atoms with Crippen molar-refractivity contribution in [2.75, 3.05) is 24.5 Å². The van der Waals surface area contributed by atoms with Crippen molar-refractivity contribution in [1.29, 1.82) is 0 Å². The minimum absolute atomic E-state index is 0.0198. The lowest BCUT2D eigenvalue weighted by molar-refractivity contribution is -0.274. The largest absolute Gasteiger partial charge is 0.573 e. The Balaban J connectivity index is 1.68. The minimum atomic E-state index is -4.96. The molecule has 0 N–H and O–H groups in total. The van der Waals surface area contributed by atoms with Crippen LogP contribution >= 0.6 is 22.9 Å². The molecule has 13 heteroatoms. The van der Waals surface area contributed by atoms with Gasteiger partial charge in [0.25, 0.3) is 6.01 Å². The molecule has 1 fully saturated rings. The van der Waals surface area contributed by atoms with Crippen molar-refractivity contribution in [2.45, 2.75) is 45.7 Å². The molecule has 3 heterocycles. The number of alkyl halides is 3. The number of carbonyl (C=O) groups is 1. The third-order valence-electron chi connectivity index (χ3n) is 4.97. The highest BCUT2D eigenvalue weighted by Crippen LogP contribution is 2.46. The van der Waals surface area contributed by atoms with Crippen molar-refractivity contribution in [3.05, 3.63) is 22.7 Å². The molecule has 1 saturated heterocycles. The molecule has 3 aromatic rings. The number of piperazine rings is 1. The second kappa shape index (κ2) is 8.81. The molecule has 0 aliphatic carbocycles. The van der Waals surface area contributed by atoms with Crippen LogP contribution in [-0.4, -0.2) is 58.6 Å². The summed E-state index contributed by atoms with van der Waals surface area (Å²) in [5.41, 5.74) is -0.287. The summed E-state index contributed by atoms with van der Waals surface area (Å²) >= 11 is 7.28. The average Bonchev–Trinajstić information content (AvgIpc) is 3.36. The summed E-state index contributed by atoms with van der Waals surface area (Å²) in [6.07, 6.45) is -3.92. The average molecular weight is 519 g/mol. The number of aromatic nitrogens is 2. The maximum Gasteiger partial charge on any atom is 0.573 e. The molecule has 0 bridgehead atoms. The Morgan fingerprint density at radius 1 is 1.29 bits per heavy atom. The van der Waals surface area contributed by atoms with Gasteiger partial charge < -0.3 is 23.7 Å². The van der Waals surface area contributed by atoms with Crippen LogP contribution < -0.4 is 9.64 Å². The lowest BCUT2D eigenvalue weighted by atomic mass is 10.2. The van der Waals surface area contributed by atoms with Crippen LogP contribution in [0.1, 0.15) is 27.7 Å². The van der Waals surface area contributed by atoms with Crippen molar-refractivity contribution in [1.82, 2.24) is 14.9 Å². The number of oxazole rings is 1. The summed E-state index contributed by atoms with van der Waals surface area (Å²) in [6.45, 7) is 8.38. The number of hydrogen-bond acceptors (Lipinski definition) is 8. The van der Waals surface area contributed by atoms with Crippen LogP contribution in [0.4, 0.5) is 24.0 Å². The number of fused-ring (bicyclic) bond motifs is 1. The Hall–Kier alpha value is -2.73. The second-order valence-electron chi connectivity index (χ2n) is 8.76. The Labute approximate surface area is 202 Å². The van der Waals surface area contributed by atoms with E-state index in [0.717, 1.165) is 11.3 Å². The first kappa shape index (κ1) is 24.4. The van der Waals surface area contributed by atoms with Crippen LogP contribution in [-0.2, 0) is 4.74 Å². The third kappa shape index (κ3) is 5.17. The summed E-state index contributed by atoms with van der Waals surface area (Å²) in [6, 6.07) is 1.27. The predicted octanol–water partition coefficient (Wildman–Crippen LogP) is 5.95. The SMILES string of the molecule is C[C@H]1CN(C(=O)OC(C)(C)C)CCN1c1nc2cc(Cl)c(OC(F)(F)F)c(-c3nccs3)c2o1. The molecule has 1 aliphatic rings. The number of anilines is 1. The van der Waals surface area contributed by atoms with Gasteiger partial charge in [-0.1, -0.05) is 11.6 Å². The molecule has 0 radical (unpaired) electrons. The maximum atomic E-state index is 13.1. The van der Waals surface area contributed by atoms with Gasteiger partial charge in [-0.2, -0.15) is 4.98 Å². The lowest BCUT2D eigenvalue weighted by Gasteiger charge is -2.39. The zero-order valence-electron chi connectivity index (χ0n) is 18.8. The standard InChI is InChI=1S/C21H22ClF3N4O4S/c1-11-10-28(19(30)33-20(2,3)4)6-7-29(11)18-27-13-9-12(22)15(32-21(23,24)25)14(16(13)31-18)17-26-5-8-34-17/h5,8-9,11H,6-7,10H2,1-4H3/t11-/m0/s1. The fraction of sp³-hybridized carbons (Fsp3) is 0.476. The Morgan fingerprint density at radius 3 is 2.62 bits per heavy atom. The van der Waals surface area contributed by atoms with Gasteiger partial charge in [-0.3, -0.25) is 0 Å². The molecule has 1 amide bonds. The lowest BCUT2D eigenvalue weighted by Crippen LogP contribution is -2.54. The zero-order valence-corrected chi connectivity index (χ0v) is 20.3. The minimum Gasteiger partial charge on any atom is -0.444 e. The van der Waals surface area contributed by atoms with Crippen molar-refractivity contribution in [2.24, 2.45) is 0 Å². The van der Waals surface area contributed by atoms with E-state index in [1.54, 1.807) is 31.1 Å². The zero-order chi connectivity index (χ0) is 24.8. The van der Waals surface area contributed by atoms with Crippen LogP contribution in [0.5, 0.6) is 5.75 Å². The van der Waals surface area contributed by atoms with Gasteiger partial charge >= 0.3 is 12.5 Å². The normalized spacial score (nSPS) is 17.4. The van der Waals surface area contributed by atoms with Gasteiger partial charge in [0.15, 0.2) is 11.3 Å². The maximum absolute atomic E-state index is 13.1. The molecule has 0 saturated carbocycles. The van der Waals surface area contributed by atoms with Crippen LogP contribution in [0, 0.1) is 0 Å². The van der Waals surface area contributed by atoms with Gasteiger partial charge in [0.2, 0.25) is 0 Å². The molecule has 0 unspecified atom stereocenters. The molecule has 1 aliphatic heterocycles. The van der Waals surface area contributed by atoms with Gasteiger partial charge in [0.05, 0.1) is 10.6 Å². The fourth-order valence-corrected chi connectivity index (χ4v) is 4.53. The summed E-state index contributed by atoms with van der Waals surface area (Å²) in [4.78, 5) is 24.4. The molecule has 0 spiro atoms. The Kier molecular flexibility index (Phi) is 6.32. The number of rotatable bonds is 3. The van der Waals surface area contributed by atoms with Gasteiger partial charge in [-0.05, 0) is 33.8 Å². The molecular weight excluding hydrogens is 497 g/mol. The molecule has 8 nitrogen and oxygen atoms in total. The van der Waals surface area contributed by atoms with E-state index in [0.29, 0.717) is 19.6 Å². The molecule has 2 aromatic heterocycles. The van der Waals surface area contributed by atoms with Crippen LogP contribution in [0.2, 0.25) is 5.02 Å². The van der Waals surface area contributed by atoms with Crippen molar-refractivity contribution < 1.29 is 31.9 Å². The van der Waals surface area contributed by atoms with E-state index in [1.807, 2.05) is 11.8 Å². The van der Waals surface area contributed by atoms with Crippen LogP contribution in [0.15, 0.2) is 22.1 Å². The molecule has 4 rings (SSSR count). The van der Waals surface area contributed by atoms with Gasteiger partial charge in [0, 0.05) is 37.3 Å². The first-order chi connectivity index (χ1) is 15.8. The Morgan fingerprint density at radius 2 is 2.03 bits per heavy atom. The molecular formula is C21H22ClF3N4O4S. The van der Waals surface area contributed by atoms with Gasteiger partial charge in [-0.25, -0.2) is 9.78 Å². The van der Waals surface area contributed by atoms with Crippen molar-refractivity contribution >= 4 is 46.1 Å². The first-order valence-electron chi connectivity index (χ1n) is 10.4. The highest BCUT2D eigenvalue weighted by atomic mass is 35.5. The van der Waals surface area contributed by atoms with E-state index in [9.17, 15) is 18.0 Å². The number of benzene rings is 1. The number of amides is 1. The quantitative estimate of drug-likeness (QED) is 0.424. The van der Waals surface area contributed by atoms with Crippen LogP contribution in [0.25, 0.3) is 21.7 Å². The number of nitrogens with zero attached hydrogens (tertiary/aromatic N) is 4. The van der Waals surface area contributed by atoms with E-state index < -0.39 is 23.8 Å². The van der Waals surface area contributed by atoms with E-state index in [-0.39, 0.29) is 38.7 Å². The number of hydrogen-bond donors (Lipinski definition) is 0.